The molecule has 1 aromatic heterocycles. The lowest BCUT2D eigenvalue weighted by Gasteiger charge is -2.23. The predicted octanol–water partition coefficient (Wildman–Crippen LogP) is 3.96. The molecule has 4 nitrogen and oxygen atoms in total. The number of aromatic nitrogens is 1. The molecule has 4 rings (SSSR count). The molecule has 2 aromatic rings. The van der Waals surface area contributed by atoms with Gasteiger partial charge in [0.2, 0.25) is 5.82 Å². The molecule has 27 heavy (non-hydrogen) atoms. The molecular formula is C21H24F2N2O2. The van der Waals surface area contributed by atoms with Crippen LogP contribution in [0.25, 0.3) is 0 Å². The van der Waals surface area contributed by atoms with Gasteiger partial charge in [-0.3, -0.25) is 4.98 Å². The Bertz CT molecular complexity index is 785. The van der Waals surface area contributed by atoms with Crippen molar-refractivity contribution in [1.29, 1.82) is 0 Å². The maximum Gasteiger partial charge on any atom is 0.200 e. The van der Waals surface area contributed by atoms with Gasteiger partial charge < -0.3 is 14.7 Å². The number of aromatic hydroxyl groups is 1. The highest BCUT2D eigenvalue weighted by Gasteiger charge is 2.42. The predicted molar refractivity (Wildman–Crippen MR) is 97.7 cm³/mol. The molecule has 0 radical (unpaired) electrons. The second kappa shape index (κ2) is 7.43. The van der Waals surface area contributed by atoms with Crippen LogP contribution in [0.1, 0.15) is 31.4 Å². The molecule has 1 aliphatic heterocycles. The van der Waals surface area contributed by atoms with Crippen molar-refractivity contribution in [3.8, 4) is 11.5 Å². The van der Waals surface area contributed by atoms with E-state index in [0.29, 0.717) is 11.8 Å². The molecule has 0 spiro atoms. The number of benzene rings is 1. The molecule has 4 atom stereocenters. The minimum absolute atomic E-state index is 0.0175. The Hall–Kier alpha value is -2.21. The lowest BCUT2D eigenvalue weighted by atomic mass is 10.0. The zero-order valence-corrected chi connectivity index (χ0v) is 15.3. The fraction of sp³-hybridized carbons (Fsp3) is 0.476. The van der Waals surface area contributed by atoms with E-state index in [1.807, 2.05) is 6.07 Å². The summed E-state index contributed by atoms with van der Waals surface area (Å²) in [6, 6.07) is 7.61. The number of rotatable bonds is 5. The molecule has 0 bridgehead atoms. The number of pyridine rings is 1. The molecule has 1 aliphatic carbocycles. The average Bonchev–Trinajstić information content (AvgIpc) is 3.17. The maximum absolute atomic E-state index is 13.8. The highest BCUT2D eigenvalue weighted by Crippen LogP contribution is 2.40. The van der Waals surface area contributed by atoms with Gasteiger partial charge in [0.1, 0.15) is 5.75 Å². The third kappa shape index (κ3) is 3.90. The molecule has 0 amide bonds. The first-order valence-corrected chi connectivity index (χ1v) is 9.47. The smallest absolute Gasteiger partial charge is 0.200 e. The van der Waals surface area contributed by atoms with Crippen molar-refractivity contribution in [2.24, 2.45) is 11.8 Å². The lowest BCUT2D eigenvalue weighted by molar-refractivity contribution is 0.175. The largest absolute Gasteiger partial charge is 0.506 e. The second-order valence-electron chi connectivity index (χ2n) is 7.84. The van der Waals surface area contributed by atoms with Crippen molar-refractivity contribution >= 4 is 0 Å². The third-order valence-corrected chi connectivity index (χ3v) is 5.80. The van der Waals surface area contributed by atoms with E-state index in [2.05, 4.69) is 16.8 Å². The van der Waals surface area contributed by atoms with Gasteiger partial charge in [-0.15, -0.1) is 0 Å². The Morgan fingerprint density at radius 2 is 1.93 bits per heavy atom. The molecule has 1 saturated carbocycles. The highest BCUT2D eigenvalue weighted by molar-refractivity contribution is 5.25. The Balaban J connectivity index is 1.30. The summed E-state index contributed by atoms with van der Waals surface area (Å²) < 4.78 is 32.9. The van der Waals surface area contributed by atoms with E-state index in [0.717, 1.165) is 44.2 Å². The van der Waals surface area contributed by atoms with Crippen LogP contribution in [0.2, 0.25) is 0 Å². The van der Waals surface area contributed by atoms with Crippen molar-refractivity contribution in [2.75, 3.05) is 19.6 Å². The minimum atomic E-state index is -0.897. The zero-order chi connectivity index (χ0) is 19.0. The van der Waals surface area contributed by atoms with Crippen LogP contribution in [0.4, 0.5) is 8.78 Å². The van der Waals surface area contributed by atoms with Gasteiger partial charge in [-0.05, 0) is 48.9 Å². The Morgan fingerprint density at radius 1 is 1.19 bits per heavy atom. The molecule has 2 unspecified atom stereocenters. The second-order valence-corrected chi connectivity index (χ2v) is 7.84. The first kappa shape index (κ1) is 18.2. The summed E-state index contributed by atoms with van der Waals surface area (Å²) in [5.74, 6) is -0.206. The number of likely N-dealkylation sites (tertiary alicyclic amines) is 1. The molecule has 1 aromatic carbocycles. The van der Waals surface area contributed by atoms with Crippen molar-refractivity contribution < 1.29 is 18.6 Å². The first-order valence-electron chi connectivity index (χ1n) is 9.47. The van der Waals surface area contributed by atoms with Crippen LogP contribution in [-0.2, 0) is 0 Å². The molecule has 1 N–H and O–H groups in total. The highest BCUT2D eigenvalue weighted by atomic mass is 19.2. The molecule has 6 heteroatoms. The van der Waals surface area contributed by atoms with E-state index < -0.39 is 11.6 Å². The number of halogens is 2. The van der Waals surface area contributed by atoms with Crippen molar-refractivity contribution in [3.05, 3.63) is 53.9 Å². The van der Waals surface area contributed by atoms with Crippen LogP contribution in [0.3, 0.4) is 0 Å². The molecular weight excluding hydrogens is 350 g/mol. The summed E-state index contributed by atoms with van der Waals surface area (Å²) >= 11 is 0. The van der Waals surface area contributed by atoms with Crippen molar-refractivity contribution in [1.82, 2.24) is 9.88 Å². The molecule has 2 heterocycles. The van der Waals surface area contributed by atoms with Crippen molar-refractivity contribution in [2.45, 2.75) is 31.8 Å². The van der Waals surface area contributed by atoms with Crippen LogP contribution >= 0.6 is 0 Å². The number of ether oxygens (including phenoxy) is 1. The Kier molecular flexibility index (Phi) is 5.00. The number of hydrogen-bond donors (Lipinski definition) is 1. The maximum atomic E-state index is 13.8. The first-order chi connectivity index (χ1) is 13.0. The zero-order valence-electron chi connectivity index (χ0n) is 15.3. The molecule has 2 fully saturated rings. The van der Waals surface area contributed by atoms with Crippen LogP contribution in [-0.4, -0.2) is 40.7 Å². The van der Waals surface area contributed by atoms with Gasteiger partial charge in [0.05, 0.1) is 12.3 Å². The van der Waals surface area contributed by atoms with Gasteiger partial charge in [-0.2, -0.15) is 4.39 Å². The Morgan fingerprint density at radius 3 is 2.59 bits per heavy atom. The topological polar surface area (TPSA) is 45.6 Å². The van der Waals surface area contributed by atoms with E-state index in [4.69, 9.17) is 4.74 Å². The van der Waals surface area contributed by atoms with Gasteiger partial charge in [0.25, 0.3) is 0 Å². The van der Waals surface area contributed by atoms with Crippen LogP contribution < -0.4 is 4.74 Å². The standard InChI is InChI=1S/C21H24F2N2O2/c1-13(19-6-5-16(26)9-24-19)10-25-11-14-7-17(8-15(14)12-25)27-20-4-2-3-18(22)21(20)23/h2-6,9,13-15,17,26H,7-8,10-12H2,1H3/t13?,14-,15+,17?. The van der Waals surface area contributed by atoms with Crippen LogP contribution in [0.5, 0.6) is 11.5 Å². The van der Waals surface area contributed by atoms with Gasteiger partial charge >= 0.3 is 0 Å². The monoisotopic (exact) mass is 374 g/mol. The van der Waals surface area contributed by atoms with Crippen molar-refractivity contribution in [3.63, 3.8) is 0 Å². The van der Waals surface area contributed by atoms with Crippen LogP contribution in [0.15, 0.2) is 36.5 Å². The lowest BCUT2D eigenvalue weighted by Crippen LogP contribution is -2.28. The minimum Gasteiger partial charge on any atom is -0.506 e. The summed E-state index contributed by atoms with van der Waals surface area (Å²) in [5.41, 5.74) is 0.979. The van der Waals surface area contributed by atoms with Gasteiger partial charge in [-0.25, -0.2) is 4.39 Å². The summed E-state index contributed by atoms with van der Waals surface area (Å²) in [5, 5.41) is 9.37. The molecule has 144 valence electrons. The quantitative estimate of drug-likeness (QED) is 0.861. The number of hydrogen-bond acceptors (Lipinski definition) is 4. The van der Waals surface area contributed by atoms with Gasteiger partial charge in [0.15, 0.2) is 11.6 Å². The van der Waals surface area contributed by atoms with Gasteiger partial charge in [-0.1, -0.05) is 13.0 Å². The summed E-state index contributed by atoms with van der Waals surface area (Å²) in [6.45, 7) is 5.07. The Labute approximate surface area is 157 Å². The summed E-state index contributed by atoms with van der Waals surface area (Å²) in [4.78, 5) is 6.76. The van der Waals surface area contributed by atoms with E-state index in [1.165, 1.54) is 18.3 Å². The van der Waals surface area contributed by atoms with E-state index in [1.54, 1.807) is 6.07 Å². The average molecular weight is 374 g/mol. The van der Waals surface area contributed by atoms with Crippen LogP contribution in [0, 0.1) is 23.5 Å². The third-order valence-electron chi connectivity index (χ3n) is 5.80. The van der Waals surface area contributed by atoms with E-state index in [9.17, 15) is 13.9 Å². The molecule has 2 aliphatic rings. The SMILES string of the molecule is CC(CN1C[C@H]2CC(Oc3cccc(F)c3F)C[C@H]2C1)c1ccc(O)cn1. The fourth-order valence-corrected chi connectivity index (χ4v) is 4.51. The fourth-order valence-electron chi connectivity index (χ4n) is 4.51. The number of fused-ring (bicyclic) bond motifs is 1. The molecule has 1 saturated heterocycles. The summed E-state index contributed by atoms with van der Waals surface area (Å²) in [7, 11) is 0. The van der Waals surface area contributed by atoms with E-state index >= 15 is 0 Å². The van der Waals surface area contributed by atoms with E-state index in [-0.39, 0.29) is 23.5 Å². The van der Waals surface area contributed by atoms with Gasteiger partial charge in [0, 0.05) is 31.2 Å². The summed E-state index contributed by atoms with van der Waals surface area (Å²) in [6.07, 6.45) is 3.19. The number of nitrogens with zero attached hydrogens (tertiary/aromatic N) is 2. The normalized spacial score (nSPS) is 26.1.